The molecule has 0 aromatic heterocycles. The van der Waals surface area contributed by atoms with E-state index >= 15 is 0 Å². The zero-order chi connectivity index (χ0) is 51.4. The van der Waals surface area contributed by atoms with Gasteiger partial charge in [0, 0.05) is 19.3 Å². The van der Waals surface area contributed by atoms with E-state index in [1.807, 2.05) is 0 Å². The zero-order valence-electron chi connectivity index (χ0n) is 46.2. The van der Waals surface area contributed by atoms with E-state index in [2.05, 4.69) is 130 Å². The highest BCUT2D eigenvalue weighted by atomic mass is 16.6. The molecule has 0 saturated carbocycles. The number of esters is 3. The summed E-state index contributed by atoms with van der Waals surface area (Å²) in [6.07, 6.45) is 79.3. The monoisotopic (exact) mass is 985 g/mol. The molecule has 1 atom stereocenters. The average Bonchev–Trinajstić information content (AvgIpc) is 3.37. The van der Waals surface area contributed by atoms with Gasteiger partial charge in [-0.1, -0.05) is 233 Å². The standard InChI is InChI=1S/C65H108O6/c1-4-7-10-13-16-19-22-25-27-28-29-30-31-32-33-34-35-36-38-40-43-46-49-52-55-58-64(67)70-61-62(60-69-63(66)57-54-51-48-45-42-39-24-21-18-15-12-9-6-3)71-65(68)59-56-53-50-47-44-41-37-26-23-20-17-14-11-8-5-2/h7,10,12,15-17,19-21,24-27,29-30,32-33,37,62H,4-6,8-9,11,13-14,18,22-23,28,31,34-36,38-61H2,1-3H3/b10-7-,15-12-,19-16-,20-17-,24-21-,27-25-,30-29-,33-32-,37-26-. The van der Waals surface area contributed by atoms with Crippen molar-refractivity contribution < 1.29 is 28.6 Å². The molecule has 0 bridgehead atoms. The lowest BCUT2D eigenvalue weighted by Gasteiger charge is -2.18. The molecule has 1 unspecified atom stereocenters. The SMILES string of the molecule is CC/C=C\C/C=C\C/C=C\C/C=C\C/C=C\CCCCCCCCCCCC(=O)OCC(COC(=O)CCCCCCC/C=C\C/C=C\CCC)OC(=O)CCCCCCC/C=C\C/C=C\CCCCC. The van der Waals surface area contributed by atoms with Crippen LogP contribution in [0.3, 0.4) is 0 Å². The molecule has 0 aliphatic carbocycles. The number of unbranched alkanes of at least 4 members (excludes halogenated alkanes) is 23. The van der Waals surface area contributed by atoms with Crippen LogP contribution in [0.15, 0.2) is 109 Å². The van der Waals surface area contributed by atoms with Crippen LogP contribution < -0.4 is 0 Å². The van der Waals surface area contributed by atoms with Gasteiger partial charge in [0.2, 0.25) is 0 Å². The Morgan fingerprint density at radius 2 is 0.577 bits per heavy atom. The van der Waals surface area contributed by atoms with E-state index < -0.39 is 6.10 Å². The van der Waals surface area contributed by atoms with Gasteiger partial charge in [-0.05, 0) is 122 Å². The highest BCUT2D eigenvalue weighted by Gasteiger charge is 2.19. The van der Waals surface area contributed by atoms with Crippen LogP contribution in [0.2, 0.25) is 0 Å². The Labute approximate surface area is 438 Å². The molecule has 0 aromatic carbocycles. The van der Waals surface area contributed by atoms with Gasteiger partial charge in [-0.15, -0.1) is 0 Å². The van der Waals surface area contributed by atoms with Crippen molar-refractivity contribution in [3.8, 4) is 0 Å². The van der Waals surface area contributed by atoms with Crippen molar-refractivity contribution >= 4 is 17.9 Å². The summed E-state index contributed by atoms with van der Waals surface area (Å²) in [5.41, 5.74) is 0. The number of hydrogen-bond acceptors (Lipinski definition) is 6. The van der Waals surface area contributed by atoms with Crippen molar-refractivity contribution in [1.82, 2.24) is 0 Å². The molecule has 0 rings (SSSR count). The first-order chi connectivity index (χ1) is 35.0. The third-order valence-electron chi connectivity index (χ3n) is 12.2. The Bertz CT molecular complexity index is 1460. The van der Waals surface area contributed by atoms with Gasteiger partial charge in [0.15, 0.2) is 6.10 Å². The lowest BCUT2D eigenvalue weighted by Crippen LogP contribution is -2.30. The van der Waals surface area contributed by atoms with Crippen LogP contribution in [0.4, 0.5) is 0 Å². The first kappa shape index (κ1) is 67.1. The smallest absolute Gasteiger partial charge is 0.306 e. The Morgan fingerprint density at radius 3 is 0.915 bits per heavy atom. The maximum absolute atomic E-state index is 12.8. The third kappa shape index (κ3) is 56.9. The molecule has 404 valence electrons. The summed E-state index contributed by atoms with van der Waals surface area (Å²) < 4.78 is 16.8. The van der Waals surface area contributed by atoms with Crippen molar-refractivity contribution in [2.45, 2.75) is 271 Å². The molecule has 0 aliphatic heterocycles. The van der Waals surface area contributed by atoms with E-state index in [1.54, 1.807) is 0 Å². The van der Waals surface area contributed by atoms with Gasteiger partial charge in [0.1, 0.15) is 13.2 Å². The van der Waals surface area contributed by atoms with E-state index in [-0.39, 0.29) is 31.1 Å². The second-order valence-electron chi connectivity index (χ2n) is 19.2. The maximum Gasteiger partial charge on any atom is 0.306 e. The van der Waals surface area contributed by atoms with E-state index in [9.17, 15) is 14.4 Å². The molecule has 0 aliphatic rings. The van der Waals surface area contributed by atoms with Gasteiger partial charge < -0.3 is 14.2 Å². The summed E-state index contributed by atoms with van der Waals surface area (Å²) in [5, 5.41) is 0. The van der Waals surface area contributed by atoms with Crippen molar-refractivity contribution in [2.24, 2.45) is 0 Å². The molecule has 6 nitrogen and oxygen atoms in total. The highest BCUT2D eigenvalue weighted by molar-refractivity contribution is 5.71. The molecule has 0 radical (unpaired) electrons. The summed E-state index contributed by atoms with van der Waals surface area (Å²) in [5.74, 6) is -0.926. The van der Waals surface area contributed by atoms with E-state index in [4.69, 9.17) is 14.2 Å². The van der Waals surface area contributed by atoms with Gasteiger partial charge in [-0.25, -0.2) is 0 Å². The Kier molecular flexibility index (Phi) is 55.4. The van der Waals surface area contributed by atoms with Crippen LogP contribution in [0.25, 0.3) is 0 Å². The number of allylic oxidation sites excluding steroid dienone is 18. The Balaban J connectivity index is 4.36. The number of ether oxygens (including phenoxy) is 3. The van der Waals surface area contributed by atoms with Crippen molar-refractivity contribution in [2.75, 3.05) is 13.2 Å². The van der Waals surface area contributed by atoms with Crippen LogP contribution >= 0.6 is 0 Å². The van der Waals surface area contributed by atoms with Crippen LogP contribution in [0.1, 0.15) is 265 Å². The molecule has 71 heavy (non-hydrogen) atoms. The molecule has 0 saturated heterocycles. The van der Waals surface area contributed by atoms with Crippen LogP contribution in [0, 0.1) is 0 Å². The van der Waals surface area contributed by atoms with Crippen molar-refractivity contribution in [3.05, 3.63) is 109 Å². The highest BCUT2D eigenvalue weighted by Crippen LogP contribution is 2.14. The molecule has 0 fully saturated rings. The van der Waals surface area contributed by atoms with E-state index in [1.165, 1.54) is 70.6 Å². The minimum Gasteiger partial charge on any atom is -0.462 e. The first-order valence-corrected chi connectivity index (χ1v) is 29.4. The predicted molar refractivity (Wildman–Crippen MR) is 307 cm³/mol. The topological polar surface area (TPSA) is 78.9 Å². The van der Waals surface area contributed by atoms with Gasteiger partial charge in [0.25, 0.3) is 0 Å². The van der Waals surface area contributed by atoms with E-state index in [0.29, 0.717) is 19.3 Å². The molecule has 0 aromatic rings. The zero-order valence-corrected chi connectivity index (χ0v) is 46.2. The van der Waals surface area contributed by atoms with E-state index in [0.717, 1.165) is 154 Å². The fourth-order valence-electron chi connectivity index (χ4n) is 7.83. The summed E-state index contributed by atoms with van der Waals surface area (Å²) in [6.45, 7) is 6.41. The quantitative estimate of drug-likeness (QED) is 0.0261. The first-order valence-electron chi connectivity index (χ1n) is 29.4. The molecule has 6 heteroatoms. The molecule has 0 N–H and O–H groups in total. The summed E-state index contributed by atoms with van der Waals surface area (Å²) in [7, 11) is 0. The van der Waals surface area contributed by atoms with Crippen molar-refractivity contribution in [3.63, 3.8) is 0 Å². The number of carbonyl (C=O) groups is 3. The molecule has 0 amide bonds. The Morgan fingerprint density at radius 1 is 0.296 bits per heavy atom. The molecule has 0 heterocycles. The summed E-state index contributed by atoms with van der Waals surface area (Å²) in [6, 6.07) is 0. The summed E-state index contributed by atoms with van der Waals surface area (Å²) in [4.78, 5) is 38.2. The van der Waals surface area contributed by atoms with Gasteiger partial charge in [-0.3, -0.25) is 14.4 Å². The van der Waals surface area contributed by atoms with Gasteiger partial charge in [0.05, 0.1) is 0 Å². The fourth-order valence-corrected chi connectivity index (χ4v) is 7.83. The lowest BCUT2D eigenvalue weighted by atomic mass is 10.1. The Hall–Kier alpha value is -3.93. The average molecular weight is 986 g/mol. The molecule has 0 spiro atoms. The second kappa shape index (κ2) is 58.6. The fraction of sp³-hybridized carbons (Fsp3) is 0.677. The van der Waals surface area contributed by atoms with Crippen LogP contribution in [-0.2, 0) is 28.6 Å². The molecular weight excluding hydrogens is 877 g/mol. The van der Waals surface area contributed by atoms with Crippen LogP contribution in [0.5, 0.6) is 0 Å². The minimum absolute atomic E-state index is 0.0927. The van der Waals surface area contributed by atoms with Crippen LogP contribution in [-0.4, -0.2) is 37.2 Å². The second-order valence-corrected chi connectivity index (χ2v) is 19.2. The lowest BCUT2D eigenvalue weighted by molar-refractivity contribution is -0.167. The maximum atomic E-state index is 12.8. The third-order valence-corrected chi connectivity index (χ3v) is 12.2. The number of rotatable bonds is 52. The number of hydrogen-bond donors (Lipinski definition) is 0. The van der Waals surface area contributed by atoms with Gasteiger partial charge in [-0.2, -0.15) is 0 Å². The summed E-state index contributed by atoms with van der Waals surface area (Å²) >= 11 is 0. The van der Waals surface area contributed by atoms with Crippen molar-refractivity contribution in [1.29, 1.82) is 0 Å². The molecular formula is C65H108O6. The normalized spacial score (nSPS) is 12.9. The number of carbonyl (C=O) groups excluding carboxylic acids is 3. The minimum atomic E-state index is -0.796. The van der Waals surface area contributed by atoms with Gasteiger partial charge >= 0.3 is 17.9 Å². The largest absolute Gasteiger partial charge is 0.462 e. The predicted octanol–water partition coefficient (Wildman–Crippen LogP) is 19.9.